The van der Waals surface area contributed by atoms with E-state index in [1.165, 1.54) is 11.1 Å². The number of benzene rings is 2. The maximum Gasteiger partial charge on any atom is 0.242 e. The lowest BCUT2D eigenvalue weighted by atomic mass is 10.1. The molecule has 4 nitrogen and oxygen atoms in total. The van der Waals surface area contributed by atoms with Gasteiger partial charge in [-0.1, -0.05) is 67.1 Å². The van der Waals surface area contributed by atoms with E-state index in [9.17, 15) is 9.59 Å². The summed E-state index contributed by atoms with van der Waals surface area (Å²) in [4.78, 5) is 27.5. The summed E-state index contributed by atoms with van der Waals surface area (Å²) >= 11 is 1.60. The molecule has 0 aliphatic carbocycles. The van der Waals surface area contributed by atoms with Gasteiger partial charge < -0.3 is 10.2 Å². The number of hydrogen-bond donors (Lipinski definition) is 1. The Morgan fingerprint density at radius 1 is 1.03 bits per heavy atom. The standard InChI is InChI=1S/C25H34N2O2S/c1-5-20(3)26-25(29)21(4)27(15-14-22-11-7-6-8-12-22)24(28)18-30-17-23-13-9-10-19(2)16-23/h6-13,16,20-21H,5,14-15,17-18H2,1-4H3,(H,26,29)/t20-,21+/m0/s1. The third-order valence-corrected chi connectivity index (χ3v) is 6.22. The zero-order valence-corrected chi connectivity index (χ0v) is 19.4. The molecule has 2 rings (SSSR count). The minimum Gasteiger partial charge on any atom is -0.352 e. The third kappa shape index (κ3) is 7.86. The van der Waals surface area contributed by atoms with Gasteiger partial charge in [0.25, 0.3) is 0 Å². The van der Waals surface area contributed by atoms with E-state index in [4.69, 9.17) is 0 Å². The number of rotatable bonds is 11. The molecule has 0 unspecified atom stereocenters. The van der Waals surface area contributed by atoms with Gasteiger partial charge >= 0.3 is 0 Å². The second-order valence-electron chi connectivity index (χ2n) is 7.80. The summed E-state index contributed by atoms with van der Waals surface area (Å²) in [6.07, 6.45) is 1.60. The highest BCUT2D eigenvalue weighted by Gasteiger charge is 2.26. The lowest BCUT2D eigenvalue weighted by Crippen LogP contribution is -2.51. The number of nitrogens with zero attached hydrogens (tertiary/aromatic N) is 1. The molecule has 2 aromatic rings. The van der Waals surface area contributed by atoms with E-state index in [1.807, 2.05) is 45.0 Å². The van der Waals surface area contributed by atoms with Crippen LogP contribution in [-0.2, 0) is 21.8 Å². The summed E-state index contributed by atoms with van der Waals surface area (Å²) < 4.78 is 0. The van der Waals surface area contributed by atoms with Gasteiger partial charge in [0, 0.05) is 18.3 Å². The highest BCUT2D eigenvalue weighted by atomic mass is 32.2. The predicted octanol–water partition coefficient (Wildman–Crippen LogP) is 4.60. The van der Waals surface area contributed by atoms with E-state index < -0.39 is 6.04 Å². The van der Waals surface area contributed by atoms with E-state index >= 15 is 0 Å². The number of hydrogen-bond acceptors (Lipinski definition) is 3. The van der Waals surface area contributed by atoms with Crippen molar-refractivity contribution in [1.29, 1.82) is 0 Å². The summed E-state index contributed by atoms with van der Waals surface area (Å²) in [7, 11) is 0. The van der Waals surface area contributed by atoms with Gasteiger partial charge in [0.1, 0.15) is 6.04 Å². The first-order chi connectivity index (χ1) is 14.4. The van der Waals surface area contributed by atoms with Crippen LogP contribution in [0, 0.1) is 6.92 Å². The zero-order chi connectivity index (χ0) is 21.9. The fourth-order valence-electron chi connectivity index (χ4n) is 3.18. The summed E-state index contributed by atoms with van der Waals surface area (Å²) in [5.41, 5.74) is 3.60. The molecule has 0 aliphatic heterocycles. The number of aryl methyl sites for hydroxylation is 1. The molecular formula is C25H34N2O2S. The van der Waals surface area contributed by atoms with Crippen molar-refractivity contribution in [2.45, 2.75) is 58.4 Å². The van der Waals surface area contributed by atoms with Crippen LogP contribution in [0.25, 0.3) is 0 Å². The molecule has 162 valence electrons. The molecule has 5 heteroatoms. The van der Waals surface area contributed by atoms with E-state index in [-0.39, 0.29) is 17.9 Å². The maximum absolute atomic E-state index is 13.0. The molecule has 2 aromatic carbocycles. The molecule has 0 bridgehead atoms. The van der Waals surface area contributed by atoms with Gasteiger partial charge in [-0.15, -0.1) is 11.8 Å². The lowest BCUT2D eigenvalue weighted by Gasteiger charge is -2.29. The molecule has 1 N–H and O–H groups in total. The summed E-state index contributed by atoms with van der Waals surface area (Å²) in [6.45, 7) is 8.45. The molecule has 2 atom stereocenters. The van der Waals surface area contributed by atoms with Crippen molar-refractivity contribution in [3.05, 3.63) is 71.3 Å². The Morgan fingerprint density at radius 2 is 1.73 bits per heavy atom. The molecule has 0 fully saturated rings. The van der Waals surface area contributed by atoms with Crippen molar-refractivity contribution in [3.63, 3.8) is 0 Å². The van der Waals surface area contributed by atoms with Crippen molar-refractivity contribution in [1.82, 2.24) is 10.2 Å². The van der Waals surface area contributed by atoms with Crippen LogP contribution < -0.4 is 5.32 Å². The monoisotopic (exact) mass is 426 g/mol. The van der Waals surface area contributed by atoms with Gasteiger partial charge in [0.05, 0.1) is 5.75 Å². The largest absolute Gasteiger partial charge is 0.352 e. The second kappa shape index (κ2) is 12.4. The summed E-state index contributed by atoms with van der Waals surface area (Å²) in [5, 5.41) is 3.01. The van der Waals surface area contributed by atoms with Gasteiger partial charge in [0.2, 0.25) is 11.8 Å². The van der Waals surface area contributed by atoms with E-state index in [0.717, 1.165) is 24.2 Å². The first-order valence-corrected chi connectivity index (χ1v) is 11.8. The SMILES string of the molecule is CC[C@H](C)NC(=O)[C@@H](C)N(CCc1ccccc1)C(=O)CSCc1cccc(C)c1. The van der Waals surface area contributed by atoms with Crippen LogP contribution in [0.1, 0.15) is 43.9 Å². The van der Waals surface area contributed by atoms with Crippen molar-refractivity contribution in [3.8, 4) is 0 Å². The first kappa shape index (κ1) is 24.0. The van der Waals surface area contributed by atoms with Gasteiger partial charge in [0.15, 0.2) is 0 Å². The Morgan fingerprint density at radius 3 is 2.40 bits per heavy atom. The molecular weight excluding hydrogens is 392 g/mol. The molecule has 0 heterocycles. The third-order valence-electron chi connectivity index (χ3n) is 5.23. The quantitative estimate of drug-likeness (QED) is 0.571. The lowest BCUT2D eigenvalue weighted by molar-refractivity contribution is -0.138. The Hall–Kier alpha value is -2.27. The maximum atomic E-state index is 13.0. The minimum absolute atomic E-state index is 0.00962. The van der Waals surface area contributed by atoms with Gasteiger partial charge in [-0.25, -0.2) is 0 Å². The predicted molar refractivity (Wildman–Crippen MR) is 127 cm³/mol. The smallest absolute Gasteiger partial charge is 0.242 e. The highest BCUT2D eigenvalue weighted by molar-refractivity contribution is 7.99. The number of thioether (sulfide) groups is 1. The highest BCUT2D eigenvalue weighted by Crippen LogP contribution is 2.16. The van der Waals surface area contributed by atoms with Crippen molar-refractivity contribution in [2.24, 2.45) is 0 Å². The van der Waals surface area contributed by atoms with Crippen molar-refractivity contribution >= 4 is 23.6 Å². The van der Waals surface area contributed by atoms with Crippen molar-refractivity contribution in [2.75, 3.05) is 12.3 Å². The van der Waals surface area contributed by atoms with Gasteiger partial charge in [-0.2, -0.15) is 0 Å². The van der Waals surface area contributed by atoms with Crippen LogP contribution in [0.4, 0.5) is 0 Å². The van der Waals surface area contributed by atoms with E-state index in [2.05, 4.69) is 42.6 Å². The molecule has 2 amide bonds. The molecule has 0 radical (unpaired) electrons. The Balaban J connectivity index is 2.00. The van der Waals surface area contributed by atoms with E-state index in [1.54, 1.807) is 16.7 Å². The van der Waals surface area contributed by atoms with Gasteiger partial charge in [-0.05, 0) is 44.7 Å². The van der Waals surface area contributed by atoms with Crippen LogP contribution in [0.5, 0.6) is 0 Å². The molecule has 0 saturated heterocycles. The average molecular weight is 427 g/mol. The van der Waals surface area contributed by atoms with Gasteiger partial charge in [-0.3, -0.25) is 9.59 Å². The Kier molecular flexibility index (Phi) is 9.95. The van der Waals surface area contributed by atoms with Crippen molar-refractivity contribution < 1.29 is 9.59 Å². The van der Waals surface area contributed by atoms with Crippen LogP contribution in [-0.4, -0.2) is 41.1 Å². The summed E-state index contributed by atoms with van der Waals surface area (Å²) in [5.74, 6) is 1.07. The van der Waals surface area contributed by atoms with Crippen LogP contribution in [0.3, 0.4) is 0 Å². The Bertz CT molecular complexity index is 810. The van der Waals surface area contributed by atoms with Crippen LogP contribution in [0.2, 0.25) is 0 Å². The number of nitrogens with one attached hydrogen (secondary N) is 1. The number of carbonyl (C=O) groups excluding carboxylic acids is 2. The minimum atomic E-state index is -0.491. The second-order valence-corrected chi connectivity index (χ2v) is 8.78. The molecule has 0 aliphatic rings. The Labute approximate surface area is 185 Å². The number of carbonyl (C=O) groups is 2. The molecule has 0 saturated carbocycles. The summed E-state index contributed by atoms with van der Waals surface area (Å²) in [6, 6.07) is 18.0. The van der Waals surface area contributed by atoms with Crippen LogP contribution in [0.15, 0.2) is 54.6 Å². The molecule has 0 aromatic heterocycles. The van der Waals surface area contributed by atoms with Crippen LogP contribution >= 0.6 is 11.8 Å². The number of amides is 2. The van der Waals surface area contributed by atoms with E-state index in [0.29, 0.717) is 12.3 Å². The first-order valence-electron chi connectivity index (χ1n) is 10.7. The average Bonchev–Trinajstić information content (AvgIpc) is 2.74. The fourth-order valence-corrected chi connectivity index (χ4v) is 4.03. The molecule has 30 heavy (non-hydrogen) atoms. The normalized spacial score (nSPS) is 12.8. The zero-order valence-electron chi connectivity index (χ0n) is 18.6. The fraction of sp³-hybridized carbons (Fsp3) is 0.440. The molecule has 0 spiro atoms. The topological polar surface area (TPSA) is 49.4 Å².